The van der Waals surface area contributed by atoms with Gasteiger partial charge in [-0.1, -0.05) is 121 Å². The Morgan fingerprint density at radius 3 is 1.70 bits per heavy atom. The van der Waals surface area contributed by atoms with Gasteiger partial charge >= 0.3 is 0 Å². The first-order valence-corrected chi connectivity index (χ1v) is 12.6. The average Bonchev–Trinajstić information content (AvgIpc) is 2.94. The molecule has 0 bridgehead atoms. The summed E-state index contributed by atoms with van der Waals surface area (Å²) in [5, 5.41) is 16.0. The molecule has 0 fully saturated rings. The quantitative estimate of drug-likeness (QED) is 0.146. The number of hydrogen-bond donors (Lipinski definition) is 1. The Balaban J connectivity index is 1.64. The summed E-state index contributed by atoms with van der Waals surface area (Å²) in [5.74, 6) is 0. The van der Waals surface area contributed by atoms with E-state index in [0.29, 0.717) is 5.71 Å². The number of fused-ring (bicyclic) bond motifs is 3. The van der Waals surface area contributed by atoms with Crippen molar-refractivity contribution < 1.29 is 0 Å². The lowest BCUT2D eigenvalue weighted by molar-refractivity contribution is 1.48. The molecule has 0 aromatic heterocycles. The van der Waals surface area contributed by atoms with E-state index in [2.05, 4.69) is 116 Å². The Morgan fingerprint density at radius 2 is 1.11 bits per heavy atom. The fourth-order valence-corrected chi connectivity index (χ4v) is 5.26. The van der Waals surface area contributed by atoms with E-state index in [-0.39, 0.29) is 0 Å². The molecule has 0 amide bonds. The molecule has 0 saturated heterocycles. The zero-order valence-corrected chi connectivity index (χ0v) is 20.8. The minimum Gasteiger partial charge on any atom is -0.300 e. The molecule has 0 aliphatic rings. The lowest BCUT2D eigenvalue weighted by Gasteiger charge is -2.18. The average molecular weight is 474 g/mol. The molecule has 0 aliphatic carbocycles. The van der Waals surface area contributed by atoms with Crippen molar-refractivity contribution in [3.63, 3.8) is 0 Å². The summed E-state index contributed by atoms with van der Waals surface area (Å²) in [7, 11) is 0. The molecule has 6 aromatic carbocycles. The van der Waals surface area contributed by atoms with Gasteiger partial charge in [-0.05, 0) is 85.3 Å². The highest BCUT2D eigenvalue weighted by atomic mass is 14.4. The van der Waals surface area contributed by atoms with Crippen LogP contribution in [0.25, 0.3) is 54.6 Å². The second kappa shape index (κ2) is 9.37. The predicted molar refractivity (Wildman–Crippen MR) is 161 cm³/mol. The van der Waals surface area contributed by atoms with Crippen LogP contribution in [-0.4, -0.2) is 5.71 Å². The predicted octanol–water partition coefficient (Wildman–Crippen LogP) is 9.98. The van der Waals surface area contributed by atoms with E-state index in [1.165, 1.54) is 49.0 Å². The van der Waals surface area contributed by atoms with Gasteiger partial charge in [-0.2, -0.15) is 0 Å². The zero-order chi connectivity index (χ0) is 25.4. The molecular weight excluding hydrogens is 446 g/mol. The Morgan fingerprint density at radius 1 is 0.568 bits per heavy atom. The molecule has 1 N–H and O–H groups in total. The van der Waals surface area contributed by atoms with Gasteiger partial charge < -0.3 is 5.41 Å². The van der Waals surface area contributed by atoms with Crippen molar-refractivity contribution in [1.82, 2.24) is 0 Å². The Bertz CT molecular complexity index is 1810. The number of rotatable bonds is 5. The molecular formula is C36H27N. The van der Waals surface area contributed by atoms with Crippen molar-refractivity contribution in [1.29, 1.82) is 5.41 Å². The Labute approximate surface area is 217 Å². The third-order valence-electron chi connectivity index (χ3n) is 6.97. The summed E-state index contributed by atoms with van der Waals surface area (Å²) in [4.78, 5) is 0. The highest BCUT2D eigenvalue weighted by molar-refractivity contribution is 6.22. The molecule has 176 valence electrons. The van der Waals surface area contributed by atoms with Crippen LogP contribution in [0.2, 0.25) is 0 Å². The molecule has 0 spiro atoms. The van der Waals surface area contributed by atoms with Gasteiger partial charge in [-0.3, -0.25) is 0 Å². The van der Waals surface area contributed by atoms with E-state index in [1.807, 2.05) is 25.1 Å². The molecule has 1 nitrogen and oxygen atoms in total. The topological polar surface area (TPSA) is 23.9 Å². The largest absolute Gasteiger partial charge is 0.300 e. The third-order valence-corrected chi connectivity index (χ3v) is 6.97. The van der Waals surface area contributed by atoms with E-state index in [0.717, 1.165) is 16.7 Å². The highest BCUT2D eigenvalue weighted by Crippen LogP contribution is 2.44. The van der Waals surface area contributed by atoms with Crippen LogP contribution in [0.15, 0.2) is 140 Å². The number of nitrogens with one attached hydrogen (secondary N) is 1. The van der Waals surface area contributed by atoms with Crippen LogP contribution in [0.5, 0.6) is 0 Å². The summed E-state index contributed by atoms with van der Waals surface area (Å²) in [6.07, 6.45) is 3.71. The minimum atomic E-state index is 0.478. The zero-order valence-electron chi connectivity index (χ0n) is 20.8. The number of benzene rings is 6. The maximum absolute atomic E-state index is 8.59. The Kier molecular flexibility index (Phi) is 5.75. The first-order valence-electron chi connectivity index (χ1n) is 12.6. The van der Waals surface area contributed by atoms with Gasteiger partial charge in [0.05, 0.1) is 5.71 Å². The van der Waals surface area contributed by atoms with Gasteiger partial charge in [0.25, 0.3) is 0 Å². The number of hydrogen-bond acceptors (Lipinski definition) is 1. The van der Waals surface area contributed by atoms with Gasteiger partial charge in [0.15, 0.2) is 0 Å². The smallest absolute Gasteiger partial charge is 0.0612 e. The van der Waals surface area contributed by atoms with Crippen LogP contribution in [0.4, 0.5) is 0 Å². The van der Waals surface area contributed by atoms with E-state index in [4.69, 9.17) is 5.41 Å². The fourth-order valence-electron chi connectivity index (χ4n) is 5.26. The molecule has 0 heterocycles. The van der Waals surface area contributed by atoms with Crippen molar-refractivity contribution in [2.75, 3.05) is 0 Å². The Hall–Kier alpha value is -4.75. The maximum Gasteiger partial charge on any atom is 0.0612 e. The van der Waals surface area contributed by atoms with Crippen LogP contribution >= 0.6 is 0 Å². The molecule has 37 heavy (non-hydrogen) atoms. The van der Waals surface area contributed by atoms with Crippen molar-refractivity contribution in [2.24, 2.45) is 0 Å². The number of allylic oxidation sites excluding steroid dienone is 3. The van der Waals surface area contributed by atoms with Gasteiger partial charge in [-0.15, -0.1) is 0 Å². The van der Waals surface area contributed by atoms with Crippen molar-refractivity contribution >= 4 is 38.0 Å². The van der Waals surface area contributed by atoms with Crippen LogP contribution in [0.1, 0.15) is 12.5 Å². The monoisotopic (exact) mass is 473 g/mol. The SMILES string of the molecule is C=C(C)/C=C\C(=N)c1cccc(-c2c3ccccc3c(-c3ccc4ccccc4c3)c3ccccc23)c1. The van der Waals surface area contributed by atoms with E-state index < -0.39 is 0 Å². The summed E-state index contributed by atoms with van der Waals surface area (Å²) in [6.45, 7) is 5.86. The van der Waals surface area contributed by atoms with Crippen LogP contribution in [-0.2, 0) is 0 Å². The first-order chi connectivity index (χ1) is 18.1. The normalized spacial score (nSPS) is 11.5. The summed E-state index contributed by atoms with van der Waals surface area (Å²) < 4.78 is 0. The highest BCUT2D eigenvalue weighted by Gasteiger charge is 2.17. The second-order valence-corrected chi connectivity index (χ2v) is 9.58. The molecule has 0 radical (unpaired) electrons. The van der Waals surface area contributed by atoms with E-state index in [1.54, 1.807) is 0 Å². The molecule has 6 aromatic rings. The van der Waals surface area contributed by atoms with E-state index >= 15 is 0 Å². The minimum absolute atomic E-state index is 0.478. The summed E-state index contributed by atoms with van der Waals surface area (Å²) in [5.41, 5.74) is 7.10. The first kappa shape index (κ1) is 22.7. The lowest BCUT2D eigenvalue weighted by atomic mass is 9.85. The maximum atomic E-state index is 8.59. The van der Waals surface area contributed by atoms with Gasteiger partial charge in [0.2, 0.25) is 0 Å². The van der Waals surface area contributed by atoms with Crippen LogP contribution < -0.4 is 0 Å². The molecule has 0 unspecified atom stereocenters. The second-order valence-electron chi connectivity index (χ2n) is 9.58. The molecule has 1 heteroatoms. The summed E-state index contributed by atoms with van der Waals surface area (Å²) >= 11 is 0. The van der Waals surface area contributed by atoms with Crippen molar-refractivity contribution in [2.45, 2.75) is 6.92 Å². The van der Waals surface area contributed by atoms with Crippen LogP contribution in [0, 0.1) is 5.41 Å². The standard InChI is InChI=1S/C36H27N/c1-24(2)18-21-34(37)27-12-9-13-28(23-27)35-30-14-5-7-16-32(30)36(33-17-8-6-15-31(33)35)29-20-19-25-10-3-4-11-26(25)22-29/h3-23,37H,1H2,2H3/b21-18-,37-34?. The molecule has 0 atom stereocenters. The fraction of sp³-hybridized carbons (Fsp3) is 0.0278. The third kappa shape index (κ3) is 4.15. The molecule has 6 rings (SSSR count). The van der Waals surface area contributed by atoms with Crippen LogP contribution in [0.3, 0.4) is 0 Å². The summed E-state index contributed by atoms with van der Waals surface area (Å²) in [6, 6.07) is 41.0. The van der Waals surface area contributed by atoms with Gasteiger partial charge in [-0.25, -0.2) is 0 Å². The molecule has 0 aliphatic heterocycles. The van der Waals surface area contributed by atoms with Gasteiger partial charge in [0.1, 0.15) is 0 Å². The molecule has 0 saturated carbocycles. The van der Waals surface area contributed by atoms with E-state index in [9.17, 15) is 0 Å². The lowest BCUT2D eigenvalue weighted by Crippen LogP contribution is -1.96. The van der Waals surface area contributed by atoms with Gasteiger partial charge in [0, 0.05) is 0 Å². The van der Waals surface area contributed by atoms with Crippen molar-refractivity contribution in [3.8, 4) is 22.3 Å². The van der Waals surface area contributed by atoms with Crippen molar-refractivity contribution in [3.05, 3.63) is 145 Å².